The van der Waals surface area contributed by atoms with Gasteiger partial charge in [-0.25, -0.2) is 4.79 Å². The summed E-state index contributed by atoms with van der Waals surface area (Å²) in [6, 6.07) is -0.908. The third-order valence-electron chi connectivity index (χ3n) is 1.84. The molecule has 0 heterocycles. The summed E-state index contributed by atoms with van der Waals surface area (Å²) >= 11 is 0. The first-order valence-electron chi connectivity index (χ1n) is 4.44. The molecule has 82 valence electrons. The molecule has 0 aromatic carbocycles. The number of amides is 1. The van der Waals surface area contributed by atoms with Gasteiger partial charge in [0.2, 0.25) is 5.91 Å². The van der Waals surface area contributed by atoms with Crippen molar-refractivity contribution in [2.45, 2.75) is 32.9 Å². The van der Waals surface area contributed by atoms with Crippen molar-refractivity contribution in [1.82, 2.24) is 4.90 Å². The Morgan fingerprint density at radius 2 is 1.93 bits per heavy atom. The van der Waals surface area contributed by atoms with Crippen LogP contribution in [0.2, 0.25) is 0 Å². The van der Waals surface area contributed by atoms with Gasteiger partial charge in [-0.15, -0.1) is 0 Å². The third-order valence-corrected chi connectivity index (χ3v) is 1.84. The molecule has 1 unspecified atom stereocenters. The van der Waals surface area contributed by atoms with E-state index in [2.05, 4.69) is 0 Å². The van der Waals surface area contributed by atoms with Crippen LogP contribution in [-0.2, 0) is 14.3 Å². The molecule has 0 aliphatic heterocycles. The quantitative estimate of drug-likeness (QED) is 0.699. The third kappa shape index (κ3) is 4.23. The second-order valence-corrected chi connectivity index (χ2v) is 3.37. The average molecular weight is 203 g/mol. The van der Waals surface area contributed by atoms with Crippen molar-refractivity contribution in [3.05, 3.63) is 0 Å². The van der Waals surface area contributed by atoms with Crippen molar-refractivity contribution in [2.75, 3.05) is 13.7 Å². The number of likely N-dealkylation sites (N-methyl/N-ethyl adjacent to an activating group) is 1. The van der Waals surface area contributed by atoms with Gasteiger partial charge in [-0.1, -0.05) is 0 Å². The van der Waals surface area contributed by atoms with Gasteiger partial charge < -0.3 is 14.7 Å². The van der Waals surface area contributed by atoms with E-state index < -0.39 is 12.0 Å². The first-order chi connectivity index (χ1) is 6.36. The lowest BCUT2D eigenvalue weighted by Gasteiger charge is -2.24. The van der Waals surface area contributed by atoms with E-state index in [0.29, 0.717) is 0 Å². The van der Waals surface area contributed by atoms with Crippen LogP contribution in [0.5, 0.6) is 0 Å². The fraction of sp³-hybridized carbons (Fsp3) is 0.778. The summed E-state index contributed by atoms with van der Waals surface area (Å²) in [6.45, 7) is 4.97. The van der Waals surface area contributed by atoms with E-state index in [1.807, 2.05) is 13.8 Å². The molecule has 0 fully saturated rings. The molecule has 0 aromatic rings. The summed E-state index contributed by atoms with van der Waals surface area (Å²) < 4.78 is 5.16. The zero-order chi connectivity index (χ0) is 11.3. The number of aliphatic carboxylic acids is 1. The van der Waals surface area contributed by atoms with E-state index in [0.717, 1.165) is 4.90 Å². The second kappa shape index (κ2) is 5.59. The Kier molecular flexibility index (Phi) is 5.15. The largest absolute Gasteiger partial charge is 0.480 e. The zero-order valence-electron chi connectivity index (χ0n) is 8.98. The van der Waals surface area contributed by atoms with Crippen LogP contribution >= 0.6 is 0 Å². The summed E-state index contributed by atoms with van der Waals surface area (Å²) in [7, 11) is 1.45. The Morgan fingerprint density at radius 3 is 2.21 bits per heavy atom. The van der Waals surface area contributed by atoms with E-state index in [1.165, 1.54) is 14.0 Å². The van der Waals surface area contributed by atoms with Crippen molar-refractivity contribution in [1.29, 1.82) is 0 Å². The number of carboxylic acid groups (broad SMARTS) is 1. The Morgan fingerprint density at radius 1 is 1.43 bits per heavy atom. The van der Waals surface area contributed by atoms with E-state index in [-0.39, 0.29) is 18.6 Å². The Labute approximate surface area is 83.6 Å². The Balaban J connectivity index is 4.29. The number of hydrogen-bond acceptors (Lipinski definition) is 3. The summed E-state index contributed by atoms with van der Waals surface area (Å²) in [5, 5.41) is 8.83. The first kappa shape index (κ1) is 12.9. The van der Waals surface area contributed by atoms with Crippen molar-refractivity contribution in [3.63, 3.8) is 0 Å². The van der Waals surface area contributed by atoms with Gasteiger partial charge in [-0.2, -0.15) is 0 Å². The van der Waals surface area contributed by atoms with E-state index in [4.69, 9.17) is 9.84 Å². The fourth-order valence-corrected chi connectivity index (χ4v) is 0.852. The molecule has 0 aliphatic carbocycles. The fourth-order valence-electron chi connectivity index (χ4n) is 0.852. The van der Waals surface area contributed by atoms with Crippen molar-refractivity contribution in [3.8, 4) is 0 Å². The molecule has 0 aromatic heterocycles. The Hall–Kier alpha value is -1.10. The van der Waals surface area contributed by atoms with Gasteiger partial charge in [0.1, 0.15) is 0 Å². The van der Waals surface area contributed by atoms with Gasteiger partial charge in [0.05, 0.1) is 12.7 Å². The molecular formula is C9H17NO4. The van der Waals surface area contributed by atoms with Gasteiger partial charge in [0.15, 0.2) is 6.04 Å². The smallest absolute Gasteiger partial charge is 0.328 e. The van der Waals surface area contributed by atoms with Crippen LogP contribution in [-0.4, -0.2) is 47.7 Å². The number of ether oxygens (including phenoxy) is 1. The standard InChI is InChI=1S/C9H17NO4/c1-6(2)14-5-8(9(12)13)10(4)7(3)11/h6,8H,5H2,1-4H3,(H,12,13). The molecule has 5 heteroatoms. The number of hydrogen-bond donors (Lipinski definition) is 1. The lowest BCUT2D eigenvalue weighted by atomic mass is 10.3. The van der Waals surface area contributed by atoms with Crippen LogP contribution in [0.25, 0.3) is 0 Å². The lowest BCUT2D eigenvalue weighted by Crippen LogP contribution is -2.44. The average Bonchev–Trinajstić information content (AvgIpc) is 2.02. The van der Waals surface area contributed by atoms with E-state index in [9.17, 15) is 9.59 Å². The summed E-state index contributed by atoms with van der Waals surface area (Å²) in [4.78, 5) is 22.9. The molecule has 1 N–H and O–H groups in total. The molecule has 0 rings (SSSR count). The number of carbonyl (C=O) groups excluding carboxylic acids is 1. The first-order valence-corrected chi connectivity index (χ1v) is 4.44. The SMILES string of the molecule is CC(=O)N(C)C(COC(C)C)C(=O)O. The topological polar surface area (TPSA) is 66.8 Å². The molecule has 0 radical (unpaired) electrons. The van der Waals surface area contributed by atoms with Crippen LogP contribution in [0.1, 0.15) is 20.8 Å². The molecule has 14 heavy (non-hydrogen) atoms. The van der Waals surface area contributed by atoms with Crippen molar-refractivity contribution < 1.29 is 19.4 Å². The molecule has 0 saturated heterocycles. The monoisotopic (exact) mass is 203 g/mol. The van der Waals surface area contributed by atoms with Crippen LogP contribution in [0.3, 0.4) is 0 Å². The molecule has 0 bridgehead atoms. The van der Waals surface area contributed by atoms with Crippen LogP contribution in [0.4, 0.5) is 0 Å². The van der Waals surface area contributed by atoms with Crippen LogP contribution in [0.15, 0.2) is 0 Å². The maximum atomic E-state index is 10.9. The van der Waals surface area contributed by atoms with Gasteiger partial charge in [0.25, 0.3) is 0 Å². The summed E-state index contributed by atoms with van der Waals surface area (Å²) in [5.41, 5.74) is 0. The predicted octanol–water partition coefficient (Wildman–Crippen LogP) is 0.343. The molecule has 1 amide bonds. The number of carboxylic acids is 1. The Bertz CT molecular complexity index is 215. The van der Waals surface area contributed by atoms with Gasteiger partial charge >= 0.3 is 5.97 Å². The predicted molar refractivity (Wildman–Crippen MR) is 51.0 cm³/mol. The maximum absolute atomic E-state index is 10.9. The highest BCUT2D eigenvalue weighted by atomic mass is 16.5. The zero-order valence-corrected chi connectivity index (χ0v) is 8.98. The summed E-state index contributed by atoms with van der Waals surface area (Å²) in [6.07, 6.45) is -0.0443. The van der Waals surface area contributed by atoms with E-state index in [1.54, 1.807) is 0 Å². The van der Waals surface area contributed by atoms with Crippen LogP contribution in [0, 0.1) is 0 Å². The molecular weight excluding hydrogens is 186 g/mol. The summed E-state index contributed by atoms with van der Waals surface area (Å²) in [5.74, 6) is -1.34. The van der Waals surface area contributed by atoms with Gasteiger partial charge in [-0.3, -0.25) is 4.79 Å². The van der Waals surface area contributed by atoms with Crippen molar-refractivity contribution in [2.24, 2.45) is 0 Å². The molecule has 5 nitrogen and oxygen atoms in total. The second-order valence-electron chi connectivity index (χ2n) is 3.37. The number of carbonyl (C=O) groups is 2. The van der Waals surface area contributed by atoms with Gasteiger partial charge in [0, 0.05) is 14.0 Å². The maximum Gasteiger partial charge on any atom is 0.328 e. The highest BCUT2D eigenvalue weighted by Crippen LogP contribution is 2.00. The highest BCUT2D eigenvalue weighted by Gasteiger charge is 2.24. The molecule has 1 atom stereocenters. The van der Waals surface area contributed by atoms with Crippen LogP contribution < -0.4 is 0 Å². The minimum absolute atomic E-state index is 0.0169. The lowest BCUT2D eigenvalue weighted by molar-refractivity contribution is -0.151. The molecule has 0 spiro atoms. The molecule has 0 aliphatic rings. The normalized spacial score (nSPS) is 12.6. The number of nitrogens with zero attached hydrogens (tertiary/aromatic N) is 1. The highest BCUT2D eigenvalue weighted by molar-refractivity contribution is 5.82. The van der Waals surface area contributed by atoms with Crippen molar-refractivity contribution >= 4 is 11.9 Å². The van der Waals surface area contributed by atoms with E-state index >= 15 is 0 Å². The minimum Gasteiger partial charge on any atom is -0.480 e. The van der Waals surface area contributed by atoms with Gasteiger partial charge in [-0.05, 0) is 13.8 Å². The number of rotatable bonds is 5. The molecule has 0 saturated carbocycles. The minimum atomic E-state index is -1.05.